The van der Waals surface area contributed by atoms with Crippen LogP contribution in [-0.2, 0) is 21.4 Å². The van der Waals surface area contributed by atoms with E-state index in [9.17, 15) is 18.0 Å². The van der Waals surface area contributed by atoms with Gasteiger partial charge in [-0.15, -0.1) is 0 Å². The van der Waals surface area contributed by atoms with Gasteiger partial charge in [0.25, 0.3) is 5.91 Å². The van der Waals surface area contributed by atoms with Crippen molar-refractivity contribution in [1.82, 2.24) is 14.5 Å². The summed E-state index contributed by atoms with van der Waals surface area (Å²) in [5.74, 6) is -0.248. The van der Waals surface area contributed by atoms with Crippen LogP contribution in [0.4, 0.5) is 0 Å². The van der Waals surface area contributed by atoms with E-state index in [0.717, 1.165) is 5.56 Å². The molecule has 1 N–H and O–H groups in total. The smallest absolute Gasteiger partial charge is 0.253 e. The summed E-state index contributed by atoms with van der Waals surface area (Å²) in [6.07, 6.45) is 1.77. The standard InChI is InChI=1S/C20H31N3O4S/c1-5-13-28(26,27)23-12-6-7-18(23)19(24)21-14-16-8-10-17(11-9-16)20(25)22(4)15(2)3/h8-11,15,18H,5-7,12-14H2,1-4H3,(H,21,24). The van der Waals surface area contributed by atoms with Gasteiger partial charge in [0.15, 0.2) is 0 Å². The molecule has 1 aliphatic heterocycles. The van der Waals surface area contributed by atoms with Crippen LogP contribution in [0.25, 0.3) is 0 Å². The number of hydrogen-bond acceptors (Lipinski definition) is 4. The number of sulfonamides is 1. The number of nitrogens with zero attached hydrogens (tertiary/aromatic N) is 2. The van der Waals surface area contributed by atoms with Gasteiger partial charge in [-0.05, 0) is 50.8 Å². The van der Waals surface area contributed by atoms with Gasteiger partial charge in [0.05, 0.1) is 5.75 Å². The lowest BCUT2D eigenvalue weighted by Crippen LogP contribution is -2.46. The van der Waals surface area contributed by atoms with E-state index in [0.29, 0.717) is 37.9 Å². The Bertz CT molecular complexity index is 790. The number of amides is 2. The fourth-order valence-corrected chi connectivity index (χ4v) is 4.97. The van der Waals surface area contributed by atoms with E-state index in [2.05, 4.69) is 5.32 Å². The molecule has 1 heterocycles. The van der Waals surface area contributed by atoms with Crippen LogP contribution in [0, 0.1) is 0 Å². The Kier molecular flexibility index (Phi) is 7.60. The molecule has 1 saturated heterocycles. The zero-order valence-electron chi connectivity index (χ0n) is 17.1. The minimum Gasteiger partial charge on any atom is -0.351 e. The molecule has 1 atom stereocenters. The van der Waals surface area contributed by atoms with E-state index in [1.54, 1.807) is 24.1 Å². The van der Waals surface area contributed by atoms with E-state index >= 15 is 0 Å². The Balaban J connectivity index is 1.96. The van der Waals surface area contributed by atoms with Crippen molar-refractivity contribution >= 4 is 21.8 Å². The summed E-state index contributed by atoms with van der Waals surface area (Å²) in [6.45, 7) is 6.42. The van der Waals surface area contributed by atoms with Gasteiger partial charge < -0.3 is 10.2 Å². The topological polar surface area (TPSA) is 86.8 Å². The first-order valence-corrected chi connectivity index (χ1v) is 11.4. The van der Waals surface area contributed by atoms with Crippen LogP contribution < -0.4 is 5.32 Å². The van der Waals surface area contributed by atoms with Crippen molar-refractivity contribution < 1.29 is 18.0 Å². The fourth-order valence-electron chi connectivity index (χ4n) is 3.22. The maximum absolute atomic E-state index is 12.5. The van der Waals surface area contributed by atoms with Crippen LogP contribution >= 0.6 is 0 Å². The molecule has 1 aromatic rings. The molecule has 2 amide bonds. The predicted octanol–water partition coefficient (Wildman–Crippen LogP) is 1.99. The summed E-state index contributed by atoms with van der Waals surface area (Å²) in [5, 5.41) is 2.83. The molecule has 0 aliphatic carbocycles. The first-order valence-electron chi connectivity index (χ1n) is 9.80. The Morgan fingerprint density at radius 1 is 1.25 bits per heavy atom. The van der Waals surface area contributed by atoms with Gasteiger partial charge in [-0.1, -0.05) is 19.1 Å². The van der Waals surface area contributed by atoms with Gasteiger partial charge in [-0.2, -0.15) is 4.31 Å². The second-order valence-electron chi connectivity index (χ2n) is 7.51. The third-order valence-electron chi connectivity index (χ3n) is 5.09. The van der Waals surface area contributed by atoms with Crippen molar-refractivity contribution in [3.05, 3.63) is 35.4 Å². The second kappa shape index (κ2) is 9.52. The molecule has 0 aromatic heterocycles. The molecule has 0 radical (unpaired) electrons. The molecule has 0 spiro atoms. The number of hydrogen-bond donors (Lipinski definition) is 1. The maximum atomic E-state index is 12.5. The molecule has 2 rings (SSSR count). The SMILES string of the molecule is CCCS(=O)(=O)N1CCCC1C(=O)NCc1ccc(C(=O)N(C)C(C)C)cc1. The van der Waals surface area contributed by atoms with Crippen molar-refractivity contribution in [3.8, 4) is 0 Å². The molecule has 7 nitrogen and oxygen atoms in total. The summed E-state index contributed by atoms with van der Waals surface area (Å²) in [5.41, 5.74) is 1.46. The van der Waals surface area contributed by atoms with Crippen molar-refractivity contribution in [2.45, 2.75) is 58.7 Å². The van der Waals surface area contributed by atoms with Crippen molar-refractivity contribution in [1.29, 1.82) is 0 Å². The molecule has 1 aliphatic rings. The zero-order chi connectivity index (χ0) is 20.9. The molecule has 1 fully saturated rings. The Labute approximate surface area is 168 Å². The summed E-state index contributed by atoms with van der Waals surface area (Å²) in [6, 6.07) is 6.60. The average Bonchev–Trinajstić information content (AvgIpc) is 3.16. The summed E-state index contributed by atoms with van der Waals surface area (Å²) in [4.78, 5) is 26.5. The number of carbonyl (C=O) groups is 2. The van der Waals surface area contributed by atoms with Gasteiger partial charge in [-0.3, -0.25) is 9.59 Å². The minimum absolute atomic E-state index is 0.0479. The highest BCUT2D eigenvalue weighted by Gasteiger charge is 2.37. The van der Waals surface area contributed by atoms with E-state index < -0.39 is 16.1 Å². The Morgan fingerprint density at radius 3 is 2.46 bits per heavy atom. The number of carbonyl (C=O) groups excluding carboxylic acids is 2. The predicted molar refractivity (Wildman–Crippen MR) is 109 cm³/mol. The summed E-state index contributed by atoms with van der Waals surface area (Å²) in [7, 11) is -1.62. The normalized spacial score (nSPS) is 17.7. The average molecular weight is 410 g/mol. The van der Waals surface area contributed by atoms with Crippen LogP contribution in [0.5, 0.6) is 0 Å². The monoisotopic (exact) mass is 409 g/mol. The molecule has 1 aromatic carbocycles. The van der Waals surface area contributed by atoms with Crippen LogP contribution in [-0.4, -0.2) is 60.9 Å². The molecular weight excluding hydrogens is 378 g/mol. The van der Waals surface area contributed by atoms with Crippen molar-refractivity contribution in [2.24, 2.45) is 0 Å². The number of nitrogens with one attached hydrogen (secondary N) is 1. The molecule has 156 valence electrons. The van der Waals surface area contributed by atoms with Crippen LogP contribution in [0.2, 0.25) is 0 Å². The molecule has 0 saturated carbocycles. The summed E-state index contributed by atoms with van der Waals surface area (Å²) >= 11 is 0. The third kappa shape index (κ3) is 5.32. The quantitative estimate of drug-likeness (QED) is 0.711. The Morgan fingerprint density at radius 2 is 1.89 bits per heavy atom. The highest BCUT2D eigenvalue weighted by atomic mass is 32.2. The largest absolute Gasteiger partial charge is 0.351 e. The molecule has 28 heavy (non-hydrogen) atoms. The van der Waals surface area contributed by atoms with E-state index in [-0.39, 0.29) is 23.6 Å². The Hall–Kier alpha value is -1.93. The van der Waals surface area contributed by atoms with Gasteiger partial charge in [-0.25, -0.2) is 8.42 Å². The van der Waals surface area contributed by atoms with E-state index in [4.69, 9.17) is 0 Å². The van der Waals surface area contributed by atoms with Crippen LogP contribution in [0.1, 0.15) is 56.0 Å². The minimum atomic E-state index is -3.39. The maximum Gasteiger partial charge on any atom is 0.253 e. The molecular formula is C20H31N3O4S. The lowest BCUT2D eigenvalue weighted by atomic mass is 10.1. The van der Waals surface area contributed by atoms with Crippen LogP contribution in [0.3, 0.4) is 0 Å². The van der Waals surface area contributed by atoms with Gasteiger partial charge >= 0.3 is 0 Å². The fraction of sp³-hybridized carbons (Fsp3) is 0.600. The van der Waals surface area contributed by atoms with E-state index in [1.807, 2.05) is 32.9 Å². The van der Waals surface area contributed by atoms with Crippen molar-refractivity contribution in [2.75, 3.05) is 19.3 Å². The first kappa shape index (κ1) is 22.4. The summed E-state index contributed by atoms with van der Waals surface area (Å²) < 4.78 is 26.0. The third-order valence-corrected chi connectivity index (χ3v) is 7.16. The highest BCUT2D eigenvalue weighted by molar-refractivity contribution is 7.89. The lowest BCUT2D eigenvalue weighted by Gasteiger charge is -2.23. The van der Waals surface area contributed by atoms with Gasteiger partial charge in [0.2, 0.25) is 15.9 Å². The lowest BCUT2D eigenvalue weighted by molar-refractivity contribution is -0.124. The molecule has 8 heteroatoms. The highest BCUT2D eigenvalue weighted by Crippen LogP contribution is 2.22. The van der Waals surface area contributed by atoms with E-state index in [1.165, 1.54) is 4.31 Å². The second-order valence-corrected chi connectivity index (χ2v) is 9.55. The molecule has 0 bridgehead atoms. The van der Waals surface area contributed by atoms with Gasteiger partial charge in [0, 0.05) is 31.7 Å². The zero-order valence-corrected chi connectivity index (χ0v) is 18.0. The number of benzene rings is 1. The van der Waals surface area contributed by atoms with Crippen molar-refractivity contribution in [3.63, 3.8) is 0 Å². The molecule has 1 unspecified atom stereocenters. The first-order chi connectivity index (χ1) is 13.2. The number of rotatable bonds is 8. The van der Waals surface area contributed by atoms with Gasteiger partial charge in [0.1, 0.15) is 6.04 Å². The van der Waals surface area contributed by atoms with Crippen LogP contribution in [0.15, 0.2) is 24.3 Å².